The Bertz CT molecular complexity index is 865. The van der Waals surface area contributed by atoms with Crippen molar-refractivity contribution in [3.8, 4) is 5.75 Å². The number of halogens is 6. The number of sulfonamides is 2. The van der Waals surface area contributed by atoms with Crippen LogP contribution >= 0.6 is 10.2 Å². The zero-order valence-electron chi connectivity index (χ0n) is 14.7. The van der Waals surface area contributed by atoms with Crippen molar-refractivity contribution in [3.63, 3.8) is 0 Å². The van der Waals surface area contributed by atoms with Crippen LogP contribution in [-0.4, -0.2) is 50.1 Å². The third-order valence-corrected chi connectivity index (χ3v) is 11.9. The maximum Gasteiger partial charge on any atom is 0.513 e. The molecule has 0 aromatic heterocycles. The summed E-state index contributed by atoms with van der Waals surface area (Å²) in [5.74, 6) is -0.218. The minimum Gasteiger partial charge on any atom is -0.492 e. The van der Waals surface area contributed by atoms with Crippen LogP contribution in [0.15, 0.2) is 29.2 Å². The van der Waals surface area contributed by atoms with Crippen LogP contribution in [0.25, 0.3) is 0 Å². The molecule has 1 aromatic carbocycles. The van der Waals surface area contributed by atoms with E-state index in [0.717, 1.165) is 6.07 Å². The number of hydrogen-bond acceptors (Lipinski definition) is 5. The summed E-state index contributed by atoms with van der Waals surface area (Å²) in [6, 6.07) is 4.77. The van der Waals surface area contributed by atoms with Gasteiger partial charge in [-0.15, -0.1) is 10.2 Å². The number of ether oxygens (including phenoxy) is 1. The van der Waals surface area contributed by atoms with Crippen molar-refractivity contribution in [2.45, 2.75) is 29.3 Å². The lowest BCUT2D eigenvalue weighted by atomic mass is 10.3. The average Bonchev–Trinajstić information content (AvgIpc) is 2.50. The molecule has 0 atom stereocenters. The standard InChI is InChI=1S/C13H17F6NO5S3/c1-4-9-25-10-7-5-6-8-11(10)26(2,3)20(27(21,22)12(14,15)16)28(23,24)13(17,18)19/h5-8H,4,9H2,1-3H3. The first-order valence-electron chi connectivity index (χ1n) is 7.30. The van der Waals surface area contributed by atoms with Crippen molar-refractivity contribution in [2.24, 2.45) is 0 Å². The largest absolute Gasteiger partial charge is 0.513 e. The van der Waals surface area contributed by atoms with Gasteiger partial charge in [-0.3, -0.25) is 0 Å². The van der Waals surface area contributed by atoms with Crippen molar-refractivity contribution in [2.75, 3.05) is 19.1 Å². The Labute approximate surface area is 160 Å². The van der Waals surface area contributed by atoms with E-state index in [9.17, 15) is 43.2 Å². The molecular formula is C13H17F6NO5S3. The molecule has 0 heterocycles. The number of nitrogens with zero attached hydrogens (tertiary/aromatic N) is 1. The molecule has 0 saturated heterocycles. The summed E-state index contributed by atoms with van der Waals surface area (Å²) in [6.07, 6.45) is 1.80. The van der Waals surface area contributed by atoms with E-state index in [1.165, 1.54) is 18.2 Å². The lowest BCUT2D eigenvalue weighted by Gasteiger charge is -2.41. The number of rotatable bonds is 7. The van der Waals surface area contributed by atoms with Crippen LogP contribution < -0.4 is 4.74 Å². The van der Waals surface area contributed by atoms with Gasteiger partial charge in [-0.1, -0.05) is 19.1 Å². The van der Waals surface area contributed by atoms with Gasteiger partial charge in [0.2, 0.25) is 0 Å². The van der Waals surface area contributed by atoms with Gasteiger partial charge in [0, 0.05) is 4.90 Å². The Morgan fingerprint density at radius 2 is 1.32 bits per heavy atom. The SMILES string of the molecule is CCCOc1ccccc1S(C)(C)N(S(=O)(=O)C(F)(F)F)S(=O)(=O)C(F)(F)F. The van der Waals surface area contributed by atoms with Crippen LogP contribution in [-0.2, 0) is 20.0 Å². The second-order valence-electron chi connectivity index (χ2n) is 5.63. The fourth-order valence-corrected chi connectivity index (χ4v) is 10.0. The highest BCUT2D eigenvalue weighted by Crippen LogP contribution is 2.61. The molecule has 0 N–H and O–H groups in total. The van der Waals surface area contributed by atoms with Gasteiger partial charge in [0.1, 0.15) is 5.75 Å². The lowest BCUT2D eigenvalue weighted by molar-refractivity contribution is -0.0505. The Morgan fingerprint density at radius 3 is 1.71 bits per heavy atom. The monoisotopic (exact) mass is 477 g/mol. The zero-order valence-corrected chi connectivity index (χ0v) is 17.2. The molecule has 0 amide bonds. The van der Waals surface area contributed by atoms with Crippen LogP contribution in [0, 0.1) is 0 Å². The van der Waals surface area contributed by atoms with Crippen molar-refractivity contribution < 1.29 is 47.9 Å². The Kier molecular flexibility index (Phi) is 7.02. The Hall–Kier alpha value is -1.19. The maximum absolute atomic E-state index is 13.1. The first-order chi connectivity index (χ1) is 12.4. The van der Waals surface area contributed by atoms with Gasteiger partial charge in [-0.25, -0.2) is 16.8 Å². The van der Waals surface area contributed by atoms with Crippen LogP contribution in [0.1, 0.15) is 13.3 Å². The van der Waals surface area contributed by atoms with E-state index in [0.29, 0.717) is 18.9 Å². The molecule has 28 heavy (non-hydrogen) atoms. The van der Waals surface area contributed by atoms with E-state index < -0.39 is 49.3 Å². The summed E-state index contributed by atoms with van der Waals surface area (Å²) in [4.78, 5) is -0.413. The van der Waals surface area contributed by atoms with Gasteiger partial charge in [0.15, 0.2) is 0 Å². The highest BCUT2D eigenvalue weighted by Gasteiger charge is 2.65. The van der Waals surface area contributed by atoms with Crippen LogP contribution in [0.2, 0.25) is 0 Å². The first kappa shape index (κ1) is 24.8. The zero-order chi connectivity index (χ0) is 22.2. The fourth-order valence-electron chi connectivity index (χ4n) is 2.06. The van der Waals surface area contributed by atoms with Gasteiger partial charge in [-0.05, 0) is 34.2 Å². The molecular weight excluding hydrogens is 460 g/mol. The Morgan fingerprint density at radius 1 is 0.893 bits per heavy atom. The molecule has 15 heteroatoms. The van der Waals surface area contributed by atoms with E-state index in [1.807, 2.05) is 0 Å². The normalized spacial score (nSPS) is 14.9. The molecule has 0 spiro atoms. The highest BCUT2D eigenvalue weighted by molar-refractivity contribution is 8.40. The van der Waals surface area contributed by atoms with E-state index in [-0.39, 0.29) is 12.4 Å². The number of benzene rings is 1. The first-order valence-corrected chi connectivity index (χ1v) is 12.6. The van der Waals surface area contributed by atoms with Crippen molar-refractivity contribution in [1.82, 2.24) is 3.12 Å². The molecule has 1 rings (SSSR count). The molecule has 164 valence electrons. The maximum atomic E-state index is 13.1. The van der Waals surface area contributed by atoms with Crippen molar-refractivity contribution in [3.05, 3.63) is 24.3 Å². The summed E-state index contributed by atoms with van der Waals surface area (Å²) < 4.78 is 130. The summed E-state index contributed by atoms with van der Waals surface area (Å²) in [7, 11) is -17.8. The molecule has 0 saturated carbocycles. The van der Waals surface area contributed by atoms with Gasteiger partial charge in [0.05, 0.1) is 6.61 Å². The average molecular weight is 477 g/mol. The highest BCUT2D eigenvalue weighted by atomic mass is 32.4. The third kappa shape index (κ3) is 4.52. The summed E-state index contributed by atoms with van der Waals surface area (Å²) in [5.41, 5.74) is -12.6. The smallest absolute Gasteiger partial charge is 0.492 e. The molecule has 0 fully saturated rings. The second kappa shape index (κ2) is 7.91. The van der Waals surface area contributed by atoms with E-state index in [4.69, 9.17) is 4.74 Å². The minimum atomic E-state index is -6.92. The van der Waals surface area contributed by atoms with Gasteiger partial charge in [-0.2, -0.15) is 26.3 Å². The third-order valence-electron chi connectivity index (χ3n) is 3.20. The number of hydrogen-bond donors (Lipinski definition) is 0. The predicted molar refractivity (Wildman–Crippen MR) is 91.7 cm³/mol. The van der Waals surface area contributed by atoms with Crippen molar-refractivity contribution >= 4 is 30.3 Å². The molecule has 0 aliphatic rings. The van der Waals surface area contributed by atoms with Crippen LogP contribution in [0.3, 0.4) is 0 Å². The quantitative estimate of drug-likeness (QED) is 0.558. The molecule has 0 aliphatic heterocycles. The van der Waals surface area contributed by atoms with E-state index >= 15 is 0 Å². The predicted octanol–water partition coefficient (Wildman–Crippen LogP) is 3.81. The summed E-state index contributed by atoms with van der Waals surface area (Å²) in [5, 5.41) is 0. The topological polar surface area (TPSA) is 80.8 Å². The van der Waals surface area contributed by atoms with Gasteiger partial charge < -0.3 is 4.74 Å². The van der Waals surface area contributed by atoms with Gasteiger partial charge in [0.25, 0.3) is 0 Å². The van der Waals surface area contributed by atoms with Gasteiger partial charge >= 0.3 is 31.1 Å². The second-order valence-corrected chi connectivity index (χ2v) is 13.2. The Balaban J connectivity index is 3.87. The lowest BCUT2D eigenvalue weighted by Crippen LogP contribution is -2.49. The molecule has 0 unspecified atom stereocenters. The summed E-state index contributed by atoms with van der Waals surface area (Å²) in [6.45, 7) is 1.69. The minimum absolute atomic E-state index is 0.0184. The van der Waals surface area contributed by atoms with Crippen LogP contribution in [0.5, 0.6) is 5.75 Å². The molecule has 1 aromatic rings. The molecule has 0 aliphatic carbocycles. The van der Waals surface area contributed by atoms with Crippen molar-refractivity contribution in [1.29, 1.82) is 0 Å². The van der Waals surface area contributed by atoms with E-state index in [1.54, 1.807) is 6.92 Å². The fraction of sp³-hybridized carbons (Fsp3) is 0.538. The number of alkyl halides is 6. The van der Waals surface area contributed by atoms with E-state index in [2.05, 4.69) is 0 Å². The summed E-state index contributed by atoms with van der Waals surface area (Å²) >= 11 is 0. The molecule has 6 nitrogen and oxygen atoms in total. The van der Waals surface area contributed by atoms with Crippen LogP contribution in [0.4, 0.5) is 26.3 Å². The number of para-hydroxylation sites is 1. The molecule has 0 radical (unpaired) electrons. The molecule has 0 bridgehead atoms.